The minimum atomic E-state index is 0.115. The minimum Gasteiger partial charge on any atom is -0.493 e. The Labute approximate surface area is 115 Å². The number of rotatable bonds is 7. The van der Waals surface area contributed by atoms with E-state index in [9.17, 15) is 0 Å². The lowest BCUT2D eigenvalue weighted by molar-refractivity contribution is 0.176. The van der Waals surface area contributed by atoms with Gasteiger partial charge < -0.3 is 9.47 Å². The van der Waals surface area contributed by atoms with Crippen LogP contribution >= 0.6 is 11.6 Å². The van der Waals surface area contributed by atoms with Crippen molar-refractivity contribution in [2.24, 2.45) is 11.3 Å². The van der Waals surface area contributed by atoms with Gasteiger partial charge in [0.15, 0.2) is 11.5 Å². The van der Waals surface area contributed by atoms with E-state index in [1.807, 2.05) is 24.3 Å². The zero-order valence-electron chi connectivity index (χ0n) is 11.7. The Balaban J connectivity index is 2.56. The number of ether oxygens (including phenoxy) is 2. The van der Waals surface area contributed by atoms with Gasteiger partial charge >= 0.3 is 0 Å². The maximum Gasteiger partial charge on any atom is 0.161 e. The maximum atomic E-state index is 6.06. The molecule has 0 aliphatic rings. The number of benzene rings is 1. The molecule has 0 heterocycles. The van der Waals surface area contributed by atoms with Gasteiger partial charge in [-0.1, -0.05) is 32.9 Å². The molecule has 1 aromatic rings. The summed E-state index contributed by atoms with van der Waals surface area (Å²) in [6, 6.07) is 7.70. The van der Waals surface area contributed by atoms with Crippen molar-refractivity contribution in [3.05, 3.63) is 24.3 Å². The molecular weight excluding hydrogens is 248 g/mol. The molecule has 1 unspecified atom stereocenters. The Morgan fingerprint density at radius 2 is 1.83 bits per heavy atom. The Kier molecular flexibility index (Phi) is 5.80. The van der Waals surface area contributed by atoms with Crippen LogP contribution < -0.4 is 9.47 Å². The molecule has 0 amide bonds. The molecule has 0 spiro atoms. The highest BCUT2D eigenvalue weighted by Crippen LogP contribution is 2.33. The molecule has 1 aromatic carbocycles. The first kappa shape index (κ1) is 15.2. The predicted molar refractivity (Wildman–Crippen MR) is 76.8 cm³/mol. The topological polar surface area (TPSA) is 18.5 Å². The lowest BCUT2D eigenvalue weighted by Crippen LogP contribution is -2.27. The van der Waals surface area contributed by atoms with Crippen LogP contribution in [0.1, 0.15) is 27.2 Å². The van der Waals surface area contributed by atoms with Crippen molar-refractivity contribution < 1.29 is 9.47 Å². The summed E-state index contributed by atoms with van der Waals surface area (Å²) < 4.78 is 11.0. The third kappa shape index (κ3) is 3.81. The largest absolute Gasteiger partial charge is 0.493 e. The molecule has 0 aromatic heterocycles. The number of para-hydroxylation sites is 2. The molecule has 18 heavy (non-hydrogen) atoms. The Morgan fingerprint density at radius 1 is 1.22 bits per heavy atom. The molecule has 1 rings (SSSR count). The van der Waals surface area contributed by atoms with Gasteiger partial charge in [-0.3, -0.25) is 0 Å². The fourth-order valence-electron chi connectivity index (χ4n) is 1.64. The zero-order valence-corrected chi connectivity index (χ0v) is 12.5. The summed E-state index contributed by atoms with van der Waals surface area (Å²) >= 11 is 6.06. The molecule has 0 N–H and O–H groups in total. The fraction of sp³-hybridized carbons (Fsp3) is 0.600. The third-order valence-electron chi connectivity index (χ3n) is 3.70. The van der Waals surface area contributed by atoms with Crippen molar-refractivity contribution >= 4 is 11.6 Å². The summed E-state index contributed by atoms with van der Waals surface area (Å²) in [5.74, 6) is 2.76. The monoisotopic (exact) mass is 270 g/mol. The van der Waals surface area contributed by atoms with Crippen LogP contribution in [-0.2, 0) is 0 Å². The van der Waals surface area contributed by atoms with Crippen LogP contribution in [0.5, 0.6) is 11.5 Å². The third-order valence-corrected chi connectivity index (χ3v) is 4.31. The standard InChI is InChI=1S/C15H23ClO2/c1-12(2)15(3,11-16)9-10-18-14-8-6-5-7-13(14)17-4/h5-8,12H,9-11H2,1-4H3. The lowest BCUT2D eigenvalue weighted by Gasteiger charge is -2.31. The quantitative estimate of drug-likeness (QED) is 0.685. The van der Waals surface area contributed by atoms with E-state index < -0.39 is 0 Å². The summed E-state index contributed by atoms with van der Waals surface area (Å²) in [5.41, 5.74) is 0.115. The summed E-state index contributed by atoms with van der Waals surface area (Å²) in [6.07, 6.45) is 0.937. The van der Waals surface area contributed by atoms with E-state index in [4.69, 9.17) is 21.1 Å². The second kappa shape index (κ2) is 6.89. The van der Waals surface area contributed by atoms with Gasteiger partial charge in [0.05, 0.1) is 13.7 Å². The zero-order chi connectivity index (χ0) is 13.6. The molecule has 0 aliphatic heterocycles. The lowest BCUT2D eigenvalue weighted by atomic mass is 9.78. The molecule has 1 atom stereocenters. The molecule has 0 radical (unpaired) electrons. The Bertz CT molecular complexity index is 365. The minimum absolute atomic E-state index is 0.115. The van der Waals surface area contributed by atoms with Crippen LogP contribution in [0.3, 0.4) is 0 Å². The van der Waals surface area contributed by atoms with Crippen molar-refractivity contribution in [2.75, 3.05) is 19.6 Å². The van der Waals surface area contributed by atoms with E-state index in [1.165, 1.54) is 0 Å². The highest BCUT2D eigenvalue weighted by molar-refractivity contribution is 6.18. The summed E-state index contributed by atoms with van der Waals surface area (Å²) in [7, 11) is 1.65. The SMILES string of the molecule is COc1ccccc1OCCC(C)(CCl)C(C)C. The Morgan fingerprint density at radius 3 is 2.33 bits per heavy atom. The van der Waals surface area contributed by atoms with E-state index in [0.29, 0.717) is 18.4 Å². The van der Waals surface area contributed by atoms with Gasteiger partial charge in [-0.15, -0.1) is 11.6 Å². The molecule has 3 heteroatoms. The normalized spacial score (nSPS) is 14.3. The van der Waals surface area contributed by atoms with Crippen molar-refractivity contribution in [3.8, 4) is 11.5 Å². The molecular formula is C15H23ClO2. The molecule has 0 saturated carbocycles. The maximum absolute atomic E-state index is 6.06. The number of methoxy groups -OCH3 is 1. The molecule has 102 valence electrons. The number of alkyl halides is 1. The van der Waals surface area contributed by atoms with Crippen LogP contribution in [0.15, 0.2) is 24.3 Å². The van der Waals surface area contributed by atoms with Crippen molar-refractivity contribution in [2.45, 2.75) is 27.2 Å². The van der Waals surface area contributed by atoms with Gasteiger partial charge in [-0.25, -0.2) is 0 Å². The van der Waals surface area contributed by atoms with Gasteiger partial charge in [0.25, 0.3) is 0 Å². The second-order valence-electron chi connectivity index (χ2n) is 5.19. The molecule has 2 nitrogen and oxygen atoms in total. The fourth-order valence-corrected chi connectivity index (χ4v) is 2.08. The van der Waals surface area contributed by atoms with Crippen molar-refractivity contribution in [1.82, 2.24) is 0 Å². The average Bonchev–Trinajstić information content (AvgIpc) is 2.38. The molecule has 0 aliphatic carbocycles. The van der Waals surface area contributed by atoms with Gasteiger partial charge in [0, 0.05) is 5.88 Å². The van der Waals surface area contributed by atoms with E-state index >= 15 is 0 Å². The Hall–Kier alpha value is -0.890. The highest BCUT2D eigenvalue weighted by Gasteiger charge is 2.27. The van der Waals surface area contributed by atoms with E-state index in [0.717, 1.165) is 17.9 Å². The van der Waals surface area contributed by atoms with E-state index in [2.05, 4.69) is 20.8 Å². The van der Waals surface area contributed by atoms with Crippen LogP contribution in [0.2, 0.25) is 0 Å². The summed E-state index contributed by atoms with van der Waals surface area (Å²) in [6.45, 7) is 7.26. The number of hydrogen-bond donors (Lipinski definition) is 0. The first-order valence-corrected chi connectivity index (χ1v) is 6.88. The number of hydrogen-bond acceptors (Lipinski definition) is 2. The van der Waals surface area contributed by atoms with Crippen LogP contribution in [-0.4, -0.2) is 19.6 Å². The van der Waals surface area contributed by atoms with Crippen molar-refractivity contribution in [3.63, 3.8) is 0 Å². The number of halogens is 1. The van der Waals surface area contributed by atoms with Crippen LogP contribution in [0.4, 0.5) is 0 Å². The van der Waals surface area contributed by atoms with Crippen molar-refractivity contribution in [1.29, 1.82) is 0 Å². The average molecular weight is 271 g/mol. The smallest absolute Gasteiger partial charge is 0.161 e. The van der Waals surface area contributed by atoms with Gasteiger partial charge in [-0.05, 0) is 29.9 Å². The van der Waals surface area contributed by atoms with Gasteiger partial charge in [0.1, 0.15) is 0 Å². The highest BCUT2D eigenvalue weighted by atomic mass is 35.5. The van der Waals surface area contributed by atoms with Gasteiger partial charge in [0.2, 0.25) is 0 Å². The first-order chi connectivity index (χ1) is 8.53. The first-order valence-electron chi connectivity index (χ1n) is 6.35. The summed E-state index contributed by atoms with van der Waals surface area (Å²) in [4.78, 5) is 0. The van der Waals surface area contributed by atoms with E-state index in [-0.39, 0.29) is 5.41 Å². The van der Waals surface area contributed by atoms with Crippen LogP contribution in [0, 0.1) is 11.3 Å². The summed E-state index contributed by atoms with van der Waals surface area (Å²) in [5, 5.41) is 0. The second-order valence-corrected chi connectivity index (χ2v) is 5.46. The van der Waals surface area contributed by atoms with E-state index in [1.54, 1.807) is 7.11 Å². The van der Waals surface area contributed by atoms with Gasteiger partial charge in [-0.2, -0.15) is 0 Å². The van der Waals surface area contributed by atoms with Crippen LogP contribution in [0.25, 0.3) is 0 Å². The molecule has 0 bridgehead atoms. The molecule has 0 saturated heterocycles. The molecule has 0 fully saturated rings. The predicted octanol–water partition coefficient (Wildman–Crippen LogP) is 4.37.